The first-order chi connectivity index (χ1) is 9.41. The molecule has 2 rings (SSSR count). The van der Waals surface area contributed by atoms with Gasteiger partial charge < -0.3 is 5.11 Å². The molecule has 0 aliphatic rings. The fourth-order valence-corrected chi connectivity index (χ4v) is 1.89. The lowest BCUT2D eigenvalue weighted by Crippen LogP contribution is -2.25. The van der Waals surface area contributed by atoms with E-state index >= 15 is 0 Å². The number of aromatic nitrogens is 3. The molecule has 0 saturated heterocycles. The van der Waals surface area contributed by atoms with Gasteiger partial charge in [-0.15, -0.1) is 5.10 Å². The van der Waals surface area contributed by atoms with E-state index in [1.54, 1.807) is 29.9 Å². The molecule has 20 heavy (non-hydrogen) atoms. The second-order valence-corrected chi connectivity index (χ2v) is 5.29. The average Bonchev–Trinajstić information content (AvgIpc) is 2.86. The van der Waals surface area contributed by atoms with E-state index in [1.807, 2.05) is 19.1 Å². The average molecular weight is 273 g/mol. The largest absolute Gasteiger partial charge is 0.390 e. The number of aliphatic hydroxyl groups is 1. The summed E-state index contributed by atoms with van der Waals surface area (Å²) in [5.41, 5.74) is 1.38. The number of hydrogen-bond acceptors (Lipinski definition) is 4. The summed E-state index contributed by atoms with van der Waals surface area (Å²) in [5, 5.41) is 18.2. The molecule has 106 valence electrons. The number of nitrogens with zero attached hydrogens (tertiary/aromatic N) is 3. The summed E-state index contributed by atoms with van der Waals surface area (Å²) in [5.74, 6) is 0.0149. The Morgan fingerprint density at radius 2 is 2.20 bits per heavy atom. The summed E-state index contributed by atoms with van der Waals surface area (Å²) >= 11 is 0. The molecule has 0 aliphatic carbocycles. The van der Waals surface area contributed by atoms with Crippen molar-refractivity contribution in [2.24, 2.45) is 0 Å². The number of benzene rings is 1. The van der Waals surface area contributed by atoms with Crippen molar-refractivity contribution in [3.8, 4) is 5.69 Å². The Morgan fingerprint density at radius 3 is 2.85 bits per heavy atom. The standard InChI is InChI=1S/C15H19N3O2/c1-4-15(3,20)9-13-10-18(17-16-13)14-7-5-6-12(8-14)11(2)19/h5-8,10,20H,4,9H2,1-3H3. The third-order valence-corrected chi connectivity index (χ3v) is 3.38. The van der Waals surface area contributed by atoms with Gasteiger partial charge in [0.15, 0.2) is 5.78 Å². The van der Waals surface area contributed by atoms with Crippen LogP contribution in [0.25, 0.3) is 5.69 Å². The van der Waals surface area contributed by atoms with Crippen LogP contribution in [-0.2, 0) is 6.42 Å². The molecule has 1 atom stereocenters. The van der Waals surface area contributed by atoms with Crippen LogP contribution in [0.2, 0.25) is 0 Å². The Morgan fingerprint density at radius 1 is 1.45 bits per heavy atom. The summed E-state index contributed by atoms with van der Waals surface area (Å²) in [7, 11) is 0. The number of hydrogen-bond donors (Lipinski definition) is 1. The Labute approximate surface area is 118 Å². The van der Waals surface area contributed by atoms with E-state index < -0.39 is 5.60 Å². The molecule has 0 aliphatic heterocycles. The predicted molar refractivity (Wildman–Crippen MR) is 76.0 cm³/mol. The van der Waals surface area contributed by atoms with Crippen molar-refractivity contribution in [2.75, 3.05) is 0 Å². The summed E-state index contributed by atoms with van der Waals surface area (Å²) in [6.07, 6.45) is 2.89. The predicted octanol–water partition coefficient (Wildman–Crippen LogP) is 2.17. The van der Waals surface area contributed by atoms with Gasteiger partial charge in [0, 0.05) is 12.0 Å². The van der Waals surface area contributed by atoms with Gasteiger partial charge >= 0.3 is 0 Å². The zero-order valence-electron chi connectivity index (χ0n) is 12.0. The van der Waals surface area contributed by atoms with Gasteiger partial charge in [0.05, 0.1) is 23.2 Å². The van der Waals surface area contributed by atoms with E-state index in [4.69, 9.17) is 0 Å². The first-order valence-electron chi connectivity index (χ1n) is 6.66. The first-order valence-corrected chi connectivity index (χ1v) is 6.66. The number of Topliss-reactive ketones (excluding diaryl/α,β-unsaturated/α-hetero) is 1. The third kappa shape index (κ3) is 3.30. The second-order valence-electron chi connectivity index (χ2n) is 5.29. The van der Waals surface area contributed by atoms with Gasteiger partial charge in [-0.3, -0.25) is 4.79 Å². The second kappa shape index (κ2) is 5.54. The minimum atomic E-state index is -0.776. The van der Waals surface area contributed by atoms with E-state index in [0.717, 1.165) is 11.4 Å². The highest BCUT2D eigenvalue weighted by molar-refractivity contribution is 5.94. The van der Waals surface area contributed by atoms with Crippen LogP contribution >= 0.6 is 0 Å². The highest BCUT2D eigenvalue weighted by Gasteiger charge is 2.20. The summed E-state index contributed by atoms with van der Waals surface area (Å²) < 4.78 is 1.62. The number of ketones is 1. The van der Waals surface area contributed by atoms with Gasteiger partial charge in [0.25, 0.3) is 0 Å². The topological polar surface area (TPSA) is 68.0 Å². The Balaban J connectivity index is 2.25. The molecule has 1 aromatic heterocycles. The lowest BCUT2D eigenvalue weighted by atomic mass is 9.98. The third-order valence-electron chi connectivity index (χ3n) is 3.38. The maximum absolute atomic E-state index is 11.4. The lowest BCUT2D eigenvalue weighted by molar-refractivity contribution is 0.0554. The molecule has 0 bridgehead atoms. The van der Waals surface area contributed by atoms with Gasteiger partial charge in [0.1, 0.15) is 0 Å². The van der Waals surface area contributed by atoms with Crippen molar-refractivity contribution in [1.29, 1.82) is 0 Å². The molecule has 0 fully saturated rings. The fourth-order valence-electron chi connectivity index (χ4n) is 1.89. The number of rotatable bonds is 5. The summed E-state index contributed by atoms with van der Waals surface area (Å²) in [4.78, 5) is 11.4. The van der Waals surface area contributed by atoms with E-state index in [1.165, 1.54) is 6.92 Å². The van der Waals surface area contributed by atoms with E-state index in [0.29, 0.717) is 18.4 Å². The van der Waals surface area contributed by atoms with Crippen molar-refractivity contribution in [3.63, 3.8) is 0 Å². The summed E-state index contributed by atoms with van der Waals surface area (Å²) in [6.45, 7) is 5.24. The monoisotopic (exact) mass is 273 g/mol. The van der Waals surface area contributed by atoms with Crippen LogP contribution in [0.1, 0.15) is 43.2 Å². The molecule has 0 amide bonds. The number of carbonyl (C=O) groups is 1. The number of carbonyl (C=O) groups excluding carboxylic acids is 1. The Hall–Kier alpha value is -2.01. The molecular formula is C15H19N3O2. The zero-order valence-corrected chi connectivity index (χ0v) is 12.0. The van der Waals surface area contributed by atoms with Crippen molar-refractivity contribution in [3.05, 3.63) is 41.7 Å². The van der Waals surface area contributed by atoms with Crippen LogP contribution in [0.3, 0.4) is 0 Å². The van der Waals surface area contributed by atoms with Crippen LogP contribution < -0.4 is 0 Å². The molecule has 5 heteroatoms. The minimum absolute atomic E-state index is 0.0149. The molecule has 2 aromatic rings. The van der Waals surface area contributed by atoms with Crippen LogP contribution in [0.4, 0.5) is 0 Å². The SMILES string of the molecule is CCC(C)(O)Cc1cn(-c2cccc(C(C)=O)c2)nn1. The molecule has 0 spiro atoms. The van der Waals surface area contributed by atoms with Crippen LogP contribution in [0, 0.1) is 0 Å². The Bertz CT molecular complexity index is 617. The normalized spacial score (nSPS) is 14.0. The van der Waals surface area contributed by atoms with Crippen molar-refractivity contribution >= 4 is 5.78 Å². The molecule has 1 heterocycles. The molecule has 0 radical (unpaired) electrons. The van der Waals surface area contributed by atoms with Crippen molar-refractivity contribution in [1.82, 2.24) is 15.0 Å². The van der Waals surface area contributed by atoms with Gasteiger partial charge in [-0.1, -0.05) is 24.3 Å². The van der Waals surface area contributed by atoms with Gasteiger partial charge in [-0.2, -0.15) is 0 Å². The van der Waals surface area contributed by atoms with E-state index in [-0.39, 0.29) is 5.78 Å². The molecular weight excluding hydrogens is 254 g/mol. The van der Waals surface area contributed by atoms with E-state index in [9.17, 15) is 9.90 Å². The highest BCUT2D eigenvalue weighted by atomic mass is 16.3. The quantitative estimate of drug-likeness (QED) is 0.848. The van der Waals surface area contributed by atoms with Crippen LogP contribution in [-0.4, -0.2) is 31.5 Å². The van der Waals surface area contributed by atoms with Gasteiger partial charge in [-0.25, -0.2) is 4.68 Å². The van der Waals surface area contributed by atoms with Crippen LogP contribution in [0.15, 0.2) is 30.5 Å². The zero-order chi connectivity index (χ0) is 14.8. The lowest BCUT2D eigenvalue weighted by Gasteiger charge is -2.18. The Kier molecular flexibility index (Phi) is 3.99. The smallest absolute Gasteiger partial charge is 0.159 e. The maximum Gasteiger partial charge on any atom is 0.159 e. The highest BCUT2D eigenvalue weighted by Crippen LogP contribution is 2.16. The van der Waals surface area contributed by atoms with E-state index in [2.05, 4.69) is 10.3 Å². The van der Waals surface area contributed by atoms with Crippen molar-refractivity contribution < 1.29 is 9.90 Å². The molecule has 1 N–H and O–H groups in total. The fraction of sp³-hybridized carbons (Fsp3) is 0.400. The molecule has 1 aromatic carbocycles. The van der Waals surface area contributed by atoms with Gasteiger partial charge in [-0.05, 0) is 32.4 Å². The summed E-state index contributed by atoms with van der Waals surface area (Å²) in [6, 6.07) is 7.22. The molecule has 5 nitrogen and oxygen atoms in total. The molecule has 1 unspecified atom stereocenters. The first kappa shape index (κ1) is 14.4. The van der Waals surface area contributed by atoms with Gasteiger partial charge in [0.2, 0.25) is 0 Å². The maximum atomic E-state index is 11.4. The minimum Gasteiger partial charge on any atom is -0.390 e. The van der Waals surface area contributed by atoms with Crippen LogP contribution in [0.5, 0.6) is 0 Å². The van der Waals surface area contributed by atoms with Crippen molar-refractivity contribution in [2.45, 2.75) is 39.2 Å². The molecule has 0 saturated carbocycles.